The van der Waals surface area contributed by atoms with Crippen LogP contribution in [-0.2, 0) is 11.2 Å². The monoisotopic (exact) mass is 251 g/mol. The molecule has 18 heavy (non-hydrogen) atoms. The summed E-state index contributed by atoms with van der Waals surface area (Å²) in [5, 5.41) is 7.34. The molecule has 2 saturated heterocycles. The van der Waals surface area contributed by atoms with Gasteiger partial charge in [-0.05, 0) is 39.7 Å². The molecule has 2 bridgehead atoms. The van der Waals surface area contributed by atoms with Gasteiger partial charge in [0.05, 0.1) is 18.1 Å². The molecule has 0 saturated carbocycles. The zero-order chi connectivity index (χ0) is 12.5. The molecule has 0 aromatic carbocycles. The number of hydrogen-bond donors (Lipinski definition) is 1. The molecule has 0 spiro atoms. The number of ether oxygens (including phenoxy) is 1. The third-order valence-corrected chi connectivity index (χ3v) is 4.21. The topological polar surface area (TPSA) is 60.2 Å². The zero-order valence-corrected chi connectivity index (χ0v) is 11.1. The Morgan fingerprint density at radius 2 is 2.33 bits per heavy atom. The predicted octanol–water partition coefficient (Wildman–Crippen LogP) is 1.64. The van der Waals surface area contributed by atoms with Gasteiger partial charge in [0.25, 0.3) is 0 Å². The first-order valence-corrected chi connectivity index (χ1v) is 6.91. The van der Waals surface area contributed by atoms with Gasteiger partial charge in [-0.25, -0.2) is 0 Å². The van der Waals surface area contributed by atoms with Gasteiger partial charge in [0.2, 0.25) is 5.89 Å². The maximum atomic E-state index is 5.83. The van der Waals surface area contributed by atoms with Crippen LogP contribution in [0, 0.1) is 0 Å². The quantitative estimate of drug-likeness (QED) is 0.862. The summed E-state index contributed by atoms with van der Waals surface area (Å²) < 4.78 is 11.2. The Balaban J connectivity index is 1.60. The second-order valence-electron chi connectivity index (χ2n) is 5.49. The van der Waals surface area contributed by atoms with E-state index in [1.807, 2.05) is 7.05 Å². The summed E-state index contributed by atoms with van der Waals surface area (Å²) in [5.41, 5.74) is 0. The molecule has 1 aromatic heterocycles. The van der Waals surface area contributed by atoms with E-state index >= 15 is 0 Å². The SMILES string of the molecule is CNC(C)CCc1nc(C2CC3CCC2O3)no1. The second-order valence-corrected chi connectivity index (χ2v) is 5.49. The fraction of sp³-hybridized carbons (Fsp3) is 0.846. The Morgan fingerprint density at radius 3 is 3.00 bits per heavy atom. The molecule has 4 atom stereocenters. The molecule has 3 rings (SSSR count). The van der Waals surface area contributed by atoms with Crippen LogP contribution in [0.2, 0.25) is 0 Å². The summed E-state index contributed by atoms with van der Waals surface area (Å²) >= 11 is 0. The molecule has 2 aliphatic heterocycles. The molecular weight excluding hydrogens is 230 g/mol. The fourth-order valence-electron chi connectivity index (χ4n) is 2.91. The number of aromatic nitrogens is 2. The van der Waals surface area contributed by atoms with Crippen molar-refractivity contribution in [3.8, 4) is 0 Å². The molecule has 100 valence electrons. The fourth-order valence-corrected chi connectivity index (χ4v) is 2.91. The third-order valence-electron chi connectivity index (χ3n) is 4.21. The molecule has 2 aliphatic rings. The predicted molar refractivity (Wildman–Crippen MR) is 66.4 cm³/mol. The molecule has 1 N–H and O–H groups in total. The summed E-state index contributed by atoms with van der Waals surface area (Å²) in [7, 11) is 1.97. The number of nitrogens with zero attached hydrogens (tertiary/aromatic N) is 2. The zero-order valence-electron chi connectivity index (χ0n) is 11.1. The van der Waals surface area contributed by atoms with Crippen molar-refractivity contribution in [3.63, 3.8) is 0 Å². The van der Waals surface area contributed by atoms with Crippen LogP contribution in [0.25, 0.3) is 0 Å². The van der Waals surface area contributed by atoms with Crippen LogP contribution in [0.5, 0.6) is 0 Å². The minimum Gasteiger partial charge on any atom is -0.374 e. The van der Waals surface area contributed by atoms with Gasteiger partial charge in [0.15, 0.2) is 5.82 Å². The first-order valence-electron chi connectivity index (χ1n) is 6.91. The molecule has 1 aromatic rings. The highest BCUT2D eigenvalue weighted by atomic mass is 16.5. The van der Waals surface area contributed by atoms with E-state index in [4.69, 9.17) is 9.26 Å². The van der Waals surface area contributed by atoms with Gasteiger partial charge in [-0.3, -0.25) is 0 Å². The van der Waals surface area contributed by atoms with Gasteiger partial charge in [-0.15, -0.1) is 0 Å². The average molecular weight is 251 g/mol. The molecule has 5 heteroatoms. The molecule has 2 fully saturated rings. The van der Waals surface area contributed by atoms with Gasteiger partial charge in [-0.1, -0.05) is 5.16 Å². The van der Waals surface area contributed by atoms with Crippen LogP contribution in [0.1, 0.15) is 50.2 Å². The van der Waals surface area contributed by atoms with Gasteiger partial charge < -0.3 is 14.6 Å². The molecule has 0 aliphatic carbocycles. The molecule has 5 nitrogen and oxygen atoms in total. The van der Waals surface area contributed by atoms with Crippen LogP contribution >= 0.6 is 0 Å². The Labute approximate surface area is 107 Å². The van der Waals surface area contributed by atoms with Crippen molar-refractivity contribution in [2.45, 2.75) is 63.2 Å². The van der Waals surface area contributed by atoms with Gasteiger partial charge in [0, 0.05) is 12.5 Å². The highest BCUT2D eigenvalue weighted by Gasteiger charge is 2.43. The summed E-state index contributed by atoms with van der Waals surface area (Å²) in [4.78, 5) is 4.53. The van der Waals surface area contributed by atoms with Gasteiger partial charge in [0.1, 0.15) is 0 Å². The van der Waals surface area contributed by atoms with Crippen LogP contribution in [0.4, 0.5) is 0 Å². The van der Waals surface area contributed by atoms with E-state index in [-0.39, 0.29) is 0 Å². The highest BCUT2D eigenvalue weighted by Crippen LogP contribution is 2.43. The van der Waals surface area contributed by atoms with Crippen molar-refractivity contribution in [3.05, 3.63) is 11.7 Å². The van der Waals surface area contributed by atoms with E-state index in [0.717, 1.165) is 37.4 Å². The van der Waals surface area contributed by atoms with Crippen molar-refractivity contribution >= 4 is 0 Å². The molecule has 0 radical (unpaired) electrons. The van der Waals surface area contributed by atoms with Crippen LogP contribution in [0.15, 0.2) is 4.52 Å². The van der Waals surface area contributed by atoms with Crippen molar-refractivity contribution in [1.29, 1.82) is 0 Å². The molecule has 3 heterocycles. The minimum atomic E-state index is 0.330. The highest BCUT2D eigenvalue weighted by molar-refractivity contribution is 5.06. The Hall–Kier alpha value is -0.940. The summed E-state index contributed by atoms with van der Waals surface area (Å²) in [6, 6.07) is 0.478. The smallest absolute Gasteiger partial charge is 0.226 e. The standard InChI is InChI=1S/C13H21N3O2/c1-8(14-2)3-6-12-15-13(16-18-12)10-7-9-4-5-11(10)17-9/h8-11,14H,3-7H2,1-2H3. The number of aryl methyl sites for hydroxylation is 1. The summed E-state index contributed by atoms with van der Waals surface area (Å²) in [5.74, 6) is 1.98. The van der Waals surface area contributed by atoms with Crippen LogP contribution in [0.3, 0.4) is 0 Å². The number of rotatable bonds is 5. The van der Waals surface area contributed by atoms with E-state index < -0.39 is 0 Å². The lowest BCUT2D eigenvalue weighted by molar-refractivity contribution is 0.0996. The van der Waals surface area contributed by atoms with E-state index in [2.05, 4.69) is 22.4 Å². The number of hydrogen-bond acceptors (Lipinski definition) is 5. The Morgan fingerprint density at radius 1 is 1.44 bits per heavy atom. The Bertz CT molecular complexity index is 407. The van der Waals surface area contributed by atoms with Crippen molar-refractivity contribution in [2.24, 2.45) is 0 Å². The number of fused-ring (bicyclic) bond motifs is 2. The second kappa shape index (κ2) is 4.97. The lowest BCUT2D eigenvalue weighted by Gasteiger charge is -2.13. The maximum Gasteiger partial charge on any atom is 0.226 e. The normalized spacial score (nSPS) is 32.0. The maximum absolute atomic E-state index is 5.83. The van der Waals surface area contributed by atoms with Gasteiger partial charge >= 0.3 is 0 Å². The van der Waals surface area contributed by atoms with Crippen molar-refractivity contribution in [2.75, 3.05) is 7.05 Å². The molecular formula is C13H21N3O2. The van der Waals surface area contributed by atoms with E-state index in [0.29, 0.717) is 24.2 Å². The third kappa shape index (κ3) is 2.29. The first-order chi connectivity index (χ1) is 8.76. The van der Waals surface area contributed by atoms with Crippen LogP contribution < -0.4 is 5.32 Å². The summed E-state index contributed by atoms with van der Waals surface area (Å²) in [6.07, 6.45) is 6.04. The Kier molecular flexibility index (Phi) is 3.35. The van der Waals surface area contributed by atoms with E-state index in [1.165, 1.54) is 6.42 Å². The average Bonchev–Trinajstić information content (AvgIpc) is 3.10. The largest absolute Gasteiger partial charge is 0.374 e. The van der Waals surface area contributed by atoms with Gasteiger partial charge in [-0.2, -0.15) is 4.98 Å². The van der Waals surface area contributed by atoms with E-state index in [9.17, 15) is 0 Å². The summed E-state index contributed by atoms with van der Waals surface area (Å²) in [6.45, 7) is 2.15. The number of nitrogens with one attached hydrogen (secondary N) is 1. The molecule has 0 amide bonds. The molecule has 4 unspecified atom stereocenters. The van der Waals surface area contributed by atoms with Crippen molar-refractivity contribution < 1.29 is 9.26 Å². The van der Waals surface area contributed by atoms with Crippen molar-refractivity contribution in [1.82, 2.24) is 15.5 Å². The van der Waals surface area contributed by atoms with E-state index in [1.54, 1.807) is 0 Å². The lowest BCUT2D eigenvalue weighted by atomic mass is 9.89. The van der Waals surface area contributed by atoms with Crippen LogP contribution in [-0.4, -0.2) is 35.4 Å². The lowest BCUT2D eigenvalue weighted by Crippen LogP contribution is -2.21. The minimum absolute atomic E-state index is 0.330. The first kappa shape index (κ1) is 12.1.